The second-order valence-corrected chi connectivity index (χ2v) is 9.79. The van der Waals surface area contributed by atoms with Crippen LogP contribution < -0.4 is 14.8 Å². The highest BCUT2D eigenvalue weighted by Crippen LogP contribution is 2.42. The number of benzene rings is 2. The maximum absolute atomic E-state index is 13.4. The molecule has 0 fully saturated rings. The second kappa shape index (κ2) is 11.3. The van der Waals surface area contributed by atoms with E-state index in [2.05, 4.69) is 59.9 Å². The summed E-state index contributed by atoms with van der Waals surface area (Å²) < 4.78 is 12.1. The smallest absolute Gasteiger partial charge is 0.318 e. The number of ether oxygens (including phenoxy) is 2. The summed E-state index contributed by atoms with van der Waals surface area (Å²) in [6.45, 7) is 10.8. The Kier molecular flexibility index (Phi) is 8.65. The molecule has 1 aliphatic heterocycles. The first-order valence-corrected chi connectivity index (χ1v) is 12.4. The molecule has 0 saturated carbocycles. The second-order valence-electron chi connectivity index (χ2n) is 8.93. The number of carbonyl (C=O) groups is 1. The van der Waals surface area contributed by atoms with E-state index in [1.54, 1.807) is 14.2 Å². The quantitative estimate of drug-likeness (QED) is 0.519. The molecule has 0 aliphatic carbocycles. The van der Waals surface area contributed by atoms with Gasteiger partial charge in [0.25, 0.3) is 0 Å². The van der Waals surface area contributed by atoms with Gasteiger partial charge in [0.15, 0.2) is 11.5 Å². The molecule has 2 amide bonds. The van der Waals surface area contributed by atoms with Crippen LogP contribution in [0.5, 0.6) is 11.5 Å². The van der Waals surface area contributed by atoms with Crippen molar-refractivity contribution >= 4 is 22.0 Å². The van der Waals surface area contributed by atoms with Gasteiger partial charge in [0.2, 0.25) is 0 Å². The number of methoxy groups -OCH3 is 2. The Labute approximate surface area is 206 Å². The van der Waals surface area contributed by atoms with Crippen molar-refractivity contribution in [3.05, 3.63) is 57.6 Å². The van der Waals surface area contributed by atoms with E-state index in [9.17, 15) is 4.79 Å². The first-order valence-electron chi connectivity index (χ1n) is 11.6. The molecule has 2 aromatic carbocycles. The highest BCUT2D eigenvalue weighted by molar-refractivity contribution is 9.10. The number of hydrogen-bond donors (Lipinski definition) is 1. The summed E-state index contributed by atoms with van der Waals surface area (Å²) in [5.41, 5.74) is 3.28. The van der Waals surface area contributed by atoms with E-state index < -0.39 is 0 Å². The van der Waals surface area contributed by atoms with Crippen LogP contribution in [0.1, 0.15) is 50.4 Å². The van der Waals surface area contributed by atoms with Crippen LogP contribution in [0, 0.1) is 0 Å². The molecule has 0 spiro atoms. The highest BCUT2D eigenvalue weighted by Gasteiger charge is 2.34. The average molecular weight is 518 g/mol. The third kappa shape index (κ3) is 5.64. The number of halogens is 1. The molecule has 1 heterocycles. The van der Waals surface area contributed by atoms with E-state index in [4.69, 9.17) is 9.47 Å². The minimum Gasteiger partial charge on any atom is -0.493 e. The predicted molar refractivity (Wildman–Crippen MR) is 136 cm³/mol. The summed E-state index contributed by atoms with van der Waals surface area (Å²) in [6.07, 6.45) is 0.758. The SMILES string of the molecule is COc1cc2c(cc1OC)C(c1ccccc1Br)N(C(=O)NCCN(C(C)C)C(C)C)CC2. The lowest BCUT2D eigenvalue weighted by Gasteiger charge is -2.39. The van der Waals surface area contributed by atoms with Crippen molar-refractivity contribution in [2.24, 2.45) is 0 Å². The van der Waals surface area contributed by atoms with Gasteiger partial charge in [-0.1, -0.05) is 34.1 Å². The average Bonchev–Trinajstić information content (AvgIpc) is 2.79. The molecule has 33 heavy (non-hydrogen) atoms. The number of urea groups is 1. The van der Waals surface area contributed by atoms with Gasteiger partial charge in [0, 0.05) is 36.2 Å². The van der Waals surface area contributed by atoms with Crippen LogP contribution in [-0.2, 0) is 6.42 Å². The molecular weight excluding hydrogens is 482 g/mol. The largest absolute Gasteiger partial charge is 0.493 e. The standard InChI is InChI=1S/C26H36BrN3O3/c1-17(2)29(18(3)4)14-12-28-26(31)30-13-11-19-15-23(32-5)24(33-6)16-21(19)25(30)20-9-7-8-10-22(20)27/h7-10,15-18,25H,11-14H2,1-6H3,(H,28,31). The minimum absolute atomic E-state index is 0.0522. The summed E-state index contributed by atoms with van der Waals surface area (Å²) in [5, 5.41) is 3.17. The third-order valence-corrected chi connectivity index (χ3v) is 7.03. The number of nitrogens with one attached hydrogen (secondary N) is 1. The molecule has 1 atom stereocenters. The topological polar surface area (TPSA) is 54.0 Å². The molecule has 0 radical (unpaired) electrons. The summed E-state index contributed by atoms with van der Waals surface area (Å²) in [7, 11) is 3.29. The Bertz CT molecular complexity index is 956. The van der Waals surface area contributed by atoms with Gasteiger partial charge in [-0.25, -0.2) is 4.79 Å². The van der Waals surface area contributed by atoms with Crippen LogP contribution in [0.15, 0.2) is 40.9 Å². The Morgan fingerprint density at radius 1 is 1.09 bits per heavy atom. The summed E-state index contributed by atoms with van der Waals surface area (Å²) in [5.74, 6) is 1.38. The van der Waals surface area contributed by atoms with Crippen LogP contribution in [0.2, 0.25) is 0 Å². The molecule has 7 heteroatoms. The van der Waals surface area contributed by atoms with E-state index in [1.165, 1.54) is 5.56 Å². The lowest BCUT2D eigenvalue weighted by atomic mass is 9.88. The molecule has 0 saturated heterocycles. The molecule has 6 nitrogen and oxygen atoms in total. The van der Waals surface area contributed by atoms with E-state index in [-0.39, 0.29) is 12.1 Å². The van der Waals surface area contributed by atoms with Gasteiger partial charge < -0.3 is 19.7 Å². The van der Waals surface area contributed by atoms with Crippen molar-refractivity contribution in [3.63, 3.8) is 0 Å². The van der Waals surface area contributed by atoms with Crippen molar-refractivity contribution in [2.45, 2.75) is 52.2 Å². The van der Waals surface area contributed by atoms with Gasteiger partial charge in [-0.2, -0.15) is 0 Å². The molecule has 1 N–H and O–H groups in total. The summed E-state index contributed by atoms with van der Waals surface area (Å²) in [6, 6.07) is 12.7. The lowest BCUT2D eigenvalue weighted by molar-refractivity contribution is 0.162. The molecule has 3 rings (SSSR count). The fraction of sp³-hybridized carbons (Fsp3) is 0.500. The Morgan fingerprint density at radius 3 is 2.33 bits per heavy atom. The zero-order chi connectivity index (χ0) is 24.1. The number of amides is 2. The monoisotopic (exact) mass is 517 g/mol. The Morgan fingerprint density at radius 2 is 1.73 bits per heavy atom. The van der Waals surface area contributed by atoms with Crippen molar-refractivity contribution in [2.75, 3.05) is 33.9 Å². The Balaban J connectivity index is 1.92. The van der Waals surface area contributed by atoms with E-state index in [0.717, 1.165) is 28.6 Å². The number of nitrogens with zero attached hydrogens (tertiary/aromatic N) is 2. The molecule has 2 aromatic rings. The highest BCUT2D eigenvalue weighted by atomic mass is 79.9. The van der Waals surface area contributed by atoms with Gasteiger partial charge >= 0.3 is 6.03 Å². The maximum atomic E-state index is 13.4. The fourth-order valence-electron chi connectivity index (χ4n) is 4.70. The third-order valence-electron chi connectivity index (χ3n) is 6.31. The van der Waals surface area contributed by atoms with Gasteiger partial charge in [0.05, 0.1) is 20.3 Å². The van der Waals surface area contributed by atoms with Gasteiger partial charge in [0.1, 0.15) is 0 Å². The van der Waals surface area contributed by atoms with Crippen molar-refractivity contribution in [1.29, 1.82) is 0 Å². The number of carbonyl (C=O) groups excluding carboxylic acids is 1. The number of fused-ring (bicyclic) bond motifs is 1. The Hall–Kier alpha value is -2.25. The fourth-order valence-corrected chi connectivity index (χ4v) is 5.20. The van der Waals surface area contributed by atoms with E-state index >= 15 is 0 Å². The van der Waals surface area contributed by atoms with E-state index in [1.807, 2.05) is 35.2 Å². The summed E-state index contributed by atoms with van der Waals surface area (Å²) >= 11 is 3.71. The van der Waals surface area contributed by atoms with Crippen LogP contribution >= 0.6 is 15.9 Å². The molecule has 1 unspecified atom stereocenters. The zero-order valence-electron chi connectivity index (χ0n) is 20.5. The van der Waals surface area contributed by atoms with Crippen LogP contribution in [0.25, 0.3) is 0 Å². The van der Waals surface area contributed by atoms with Crippen molar-refractivity contribution in [3.8, 4) is 11.5 Å². The molecule has 0 bridgehead atoms. The van der Waals surface area contributed by atoms with Gasteiger partial charge in [-0.3, -0.25) is 4.90 Å². The first kappa shape index (κ1) is 25.4. The maximum Gasteiger partial charge on any atom is 0.318 e. The zero-order valence-corrected chi connectivity index (χ0v) is 22.1. The van der Waals surface area contributed by atoms with Crippen molar-refractivity contribution in [1.82, 2.24) is 15.1 Å². The minimum atomic E-state index is -0.226. The van der Waals surface area contributed by atoms with Crippen LogP contribution in [0.4, 0.5) is 4.79 Å². The first-order chi connectivity index (χ1) is 15.8. The molecule has 180 valence electrons. The van der Waals surface area contributed by atoms with Crippen LogP contribution in [0.3, 0.4) is 0 Å². The van der Waals surface area contributed by atoms with Gasteiger partial charge in [-0.05, 0) is 69.0 Å². The van der Waals surface area contributed by atoms with Crippen molar-refractivity contribution < 1.29 is 14.3 Å². The number of hydrogen-bond acceptors (Lipinski definition) is 4. The molecular formula is C26H36BrN3O3. The van der Waals surface area contributed by atoms with E-state index in [0.29, 0.717) is 36.7 Å². The van der Waals surface area contributed by atoms with Crippen LogP contribution in [-0.4, -0.2) is 61.8 Å². The normalized spacial score (nSPS) is 15.7. The van der Waals surface area contributed by atoms with Gasteiger partial charge in [-0.15, -0.1) is 0 Å². The number of rotatable bonds is 8. The summed E-state index contributed by atoms with van der Waals surface area (Å²) in [4.78, 5) is 17.7. The molecule has 1 aliphatic rings. The lowest BCUT2D eigenvalue weighted by Crippen LogP contribution is -2.49. The predicted octanol–water partition coefficient (Wildman–Crippen LogP) is 5.24. The molecule has 0 aromatic heterocycles.